The van der Waals surface area contributed by atoms with E-state index in [4.69, 9.17) is 14.3 Å². The molecule has 1 unspecified atom stereocenters. The molecule has 0 aliphatic heterocycles. The van der Waals surface area contributed by atoms with Crippen LogP contribution in [0.2, 0.25) is 0 Å². The van der Waals surface area contributed by atoms with Gasteiger partial charge in [0.2, 0.25) is 5.28 Å². The van der Waals surface area contributed by atoms with E-state index in [1.54, 1.807) is 42.8 Å². The highest BCUT2D eigenvalue weighted by molar-refractivity contribution is 7.90. The van der Waals surface area contributed by atoms with Crippen LogP contribution in [-0.2, 0) is 35.3 Å². The number of hydrogen-bond donors (Lipinski definition) is 1. The number of carbonyl (C=O) groups is 2. The van der Waals surface area contributed by atoms with E-state index < -0.39 is 58.8 Å². The molecule has 0 radical (unpaired) electrons. The number of esters is 1. The Labute approximate surface area is 282 Å². The van der Waals surface area contributed by atoms with Gasteiger partial charge in [0.1, 0.15) is 12.6 Å². The fourth-order valence-corrected chi connectivity index (χ4v) is 5.17. The molecule has 0 fully saturated rings. The van der Waals surface area contributed by atoms with Crippen LogP contribution in [0.15, 0.2) is 64.8 Å². The van der Waals surface area contributed by atoms with Crippen LogP contribution < -0.4 is 4.72 Å². The van der Waals surface area contributed by atoms with Crippen molar-refractivity contribution in [3.63, 3.8) is 0 Å². The van der Waals surface area contributed by atoms with Gasteiger partial charge in [-0.2, -0.15) is 18.3 Å². The highest BCUT2D eigenvalue weighted by atomic mass is 32.2. The standard InChI is InChI=1S/C31H39F3N6O8S/c1-19(2)16-25(38(7)40(43)37-48-22(6)47-29(41)20(3)4)18-46-30(42)36-49(44,45)26-14-12-24(13-15-26)39-27(17-28(35-39)31(32,33)34)23-10-8-21(5)9-11-23/h8-15,17,19-20,22,25H,16,18H2,1-7H3,(H,36,42)/t22?,25-/m0/s1. The monoisotopic (exact) mass is 712 g/mol. The van der Waals surface area contributed by atoms with Crippen LogP contribution in [0.5, 0.6) is 0 Å². The Hall–Kier alpha value is -4.87. The van der Waals surface area contributed by atoms with Crippen molar-refractivity contribution in [2.75, 3.05) is 13.7 Å². The lowest BCUT2D eigenvalue weighted by molar-refractivity contribution is -0.715. The first kappa shape index (κ1) is 38.6. The number of carbonyl (C=O) groups excluding carboxylic acids is 2. The van der Waals surface area contributed by atoms with Crippen molar-refractivity contribution >= 4 is 22.1 Å². The Morgan fingerprint density at radius 2 is 1.67 bits per heavy atom. The molecule has 0 saturated heterocycles. The van der Waals surface area contributed by atoms with E-state index >= 15 is 0 Å². The second-order valence-corrected chi connectivity index (χ2v) is 13.5. The number of benzene rings is 2. The van der Waals surface area contributed by atoms with E-state index in [0.717, 1.165) is 33.5 Å². The Bertz CT molecular complexity index is 1730. The van der Waals surface area contributed by atoms with Crippen LogP contribution in [0.3, 0.4) is 0 Å². The number of alkyl halides is 3. The molecule has 18 heteroatoms. The number of aromatic nitrogens is 2. The molecule has 3 rings (SSSR count). The van der Waals surface area contributed by atoms with Gasteiger partial charge in [0.15, 0.2) is 5.69 Å². The fraction of sp³-hybridized carbons (Fsp3) is 0.452. The van der Waals surface area contributed by atoms with Crippen molar-refractivity contribution in [3.8, 4) is 16.9 Å². The Kier molecular flexibility index (Phi) is 12.6. The van der Waals surface area contributed by atoms with Gasteiger partial charge in [0.25, 0.3) is 16.3 Å². The summed E-state index contributed by atoms with van der Waals surface area (Å²) in [7, 11) is -3.14. The minimum Gasteiger partial charge on any atom is -0.569 e. The molecule has 1 heterocycles. The van der Waals surface area contributed by atoms with Gasteiger partial charge in [-0.15, -0.1) is 5.01 Å². The van der Waals surface area contributed by atoms with Crippen LogP contribution in [0.25, 0.3) is 16.9 Å². The van der Waals surface area contributed by atoms with Crippen LogP contribution in [-0.4, -0.2) is 66.2 Å². The second kappa shape index (κ2) is 16.0. The summed E-state index contributed by atoms with van der Waals surface area (Å²) in [5.74, 6) is -0.967. The molecule has 49 heavy (non-hydrogen) atoms. The van der Waals surface area contributed by atoms with E-state index in [1.165, 1.54) is 26.1 Å². The molecular formula is C31H39F3N6O8S. The average molecular weight is 713 g/mol. The number of sulfonamides is 1. The first-order chi connectivity index (χ1) is 22.8. The van der Waals surface area contributed by atoms with Crippen molar-refractivity contribution in [3.05, 3.63) is 71.1 Å². The molecule has 2 atom stereocenters. The Balaban J connectivity index is 1.71. The topological polar surface area (TPSA) is 167 Å². The number of nitrogens with zero attached hydrogens (tertiary/aromatic N) is 5. The number of nitrogens with one attached hydrogen (secondary N) is 1. The van der Waals surface area contributed by atoms with Gasteiger partial charge in [0, 0.05) is 12.5 Å². The van der Waals surface area contributed by atoms with Crippen LogP contribution >= 0.6 is 0 Å². The third-order valence-electron chi connectivity index (χ3n) is 6.92. The van der Waals surface area contributed by atoms with Crippen LogP contribution in [0.4, 0.5) is 18.0 Å². The van der Waals surface area contributed by atoms with E-state index in [9.17, 15) is 36.4 Å². The lowest BCUT2D eigenvalue weighted by atomic mass is 10.0. The SMILES string of the molecule is Cc1ccc(-c2cc(C(F)(F)F)nn2-c2ccc(S(=O)(=O)NC(=O)OC[C@H](CC(C)C)N(C)[N+]([O-])=NOC(C)OC(=O)C(C)C)cc2)cc1. The average Bonchev–Trinajstić information content (AvgIpc) is 3.48. The van der Waals surface area contributed by atoms with Crippen LogP contribution in [0.1, 0.15) is 52.3 Å². The van der Waals surface area contributed by atoms with E-state index in [0.29, 0.717) is 12.0 Å². The molecule has 14 nitrogen and oxygen atoms in total. The van der Waals surface area contributed by atoms with Crippen molar-refractivity contribution in [1.82, 2.24) is 19.5 Å². The van der Waals surface area contributed by atoms with Gasteiger partial charge in [-0.3, -0.25) is 9.63 Å². The first-order valence-electron chi connectivity index (χ1n) is 15.1. The van der Waals surface area contributed by atoms with Crippen molar-refractivity contribution in [2.45, 2.75) is 71.4 Å². The van der Waals surface area contributed by atoms with Crippen molar-refractivity contribution in [2.24, 2.45) is 17.1 Å². The summed E-state index contributed by atoms with van der Waals surface area (Å²) in [6, 6.07) is 11.6. The molecule has 0 bridgehead atoms. The normalized spacial score (nSPS) is 13.6. The highest BCUT2D eigenvalue weighted by Crippen LogP contribution is 2.33. The van der Waals surface area contributed by atoms with Gasteiger partial charge >= 0.3 is 18.2 Å². The number of halogens is 3. The minimum absolute atomic E-state index is 0.00937. The van der Waals surface area contributed by atoms with E-state index in [1.807, 2.05) is 20.8 Å². The predicted octanol–water partition coefficient (Wildman–Crippen LogP) is 5.98. The summed E-state index contributed by atoms with van der Waals surface area (Å²) >= 11 is 0. The van der Waals surface area contributed by atoms with Gasteiger partial charge < -0.3 is 14.7 Å². The quantitative estimate of drug-likeness (QED) is 0.0690. The predicted molar refractivity (Wildman–Crippen MR) is 169 cm³/mol. The zero-order valence-corrected chi connectivity index (χ0v) is 28.8. The zero-order valence-electron chi connectivity index (χ0n) is 28.0. The summed E-state index contributed by atoms with van der Waals surface area (Å²) in [6.07, 6.45) is -6.90. The summed E-state index contributed by atoms with van der Waals surface area (Å²) in [6.45, 7) is 9.72. The van der Waals surface area contributed by atoms with Crippen molar-refractivity contribution in [1.29, 1.82) is 0 Å². The number of rotatable bonds is 14. The number of hydrazine groups is 1. The third-order valence-corrected chi connectivity index (χ3v) is 8.25. The minimum atomic E-state index is -4.72. The number of aryl methyl sites for hydroxylation is 1. The molecule has 0 aliphatic carbocycles. The lowest BCUT2D eigenvalue weighted by Gasteiger charge is -2.25. The number of amides is 1. The number of ether oxygens (including phenoxy) is 2. The van der Waals surface area contributed by atoms with Gasteiger partial charge in [-0.1, -0.05) is 57.5 Å². The van der Waals surface area contributed by atoms with Gasteiger partial charge in [-0.05, 0) is 49.6 Å². The summed E-state index contributed by atoms with van der Waals surface area (Å²) in [4.78, 5) is 28.9. The third kappa shape index (κ3) is 10.8. The molecule has 1 N–H and O–H groups in total. The maximum atomic E-state index is 13.5. The van der Waals surface area contributed by atoms with E-state index in [2.05, 4.69) is 10.4 Å². The summed E-state index contributed by atoms with van der Waals surface area (Å²) < 4.78 is 79.5. The summed E-state index contributed by atoms with van der Waals surface area (Å²) in [5.41, 5.74) is 0.494. The zero-order chi connectivity index (χ0) is 36.7. The molecule has 3 aromatic rings. The molecule has 0 saturated carbocycles. The van der Waals surface area contributed by atoms with Crippen molar-refractivity contribution < 1.29 is 50.5 Å². The maximum absolute atomic E-state index is 13.5. The molecule has 0 spiro atoms. The Morgan fingerprint density at radius 3 is 2.22 bits per heavy atom. The molecule has 1 aromatic heterocycles. The maximum Gasteiger partial charge on any atom is 0.435 e. The van der Waals surface area contributed by atoms with Gasteiger partial charge in [-0.25, -0.2) is 22.6 Å². The fourth-order valence-electron chi connectivity index (χ4n) is 4.28. The molecule has 1 amide bonds. The van der Waals surface area contributed by atoms with Crippen LogP contribution in [0, 0.1) is 24.0 Å². The molecule has 2 aromatic carbocycles. The number of likely N-dealkylation sites (N-methyl/N-ethyl adjacent to an activating group) is 1. The highest BCUT2D eigenvalue weighted by Gasteiger charge is 2.35. The molecular weight excluding hydrogens is 673 g/mol. The number of hydrogen-bond acceptors (Lipinski definition) is 10. The first-order valence-corrected chi connectivity index (χ1v) is 16.6. The van der Waals surface area contributed by atoms with E-state index in [-0.39, 0.29) is 27.2 Å². The second-order valence-electron chi connectivity index (χ2n) is 11.8. The molecule has 268 valence electrons. The van der Waals surface area contributed by atoms with Gasteiger partial charge in [0.05, 0.1) is 34.2 Å². The summed E-state index contributed by atoms with van der Waals surface area (Å²) in [5, 5.41) is 20.7. The molecule has 0 aliphatic rings. The Morgan fingerprint density at radius 1 is 1.06 bits per heavy atom. The largest absolute Gasteiger partial charge is 0.569 e. The smallest absolute Gasteiger partial charge is 0.435 e. The lowest BCUT2D eigenvalue weighted by Crippen LogP contribution is -2.43.